The summed E-state index contributed by atoms with van der Waals surface area (Å²) in [6, 6.07) is 14.3. The molecule has 2 N–H and O–H groups in total. The Kier molecular flexibility index (Phi) is 18.0. The predicted molar refractivity (Wildman–Crippen MR) is 300 cm³/mol. The highest BCUT2D eigenvalue weighted by atomic mass is 32.2. The van der Waals surface area contributed by atoms with Crippen molar-refractivity contribution in [1.29, 1.82) is 0 Å². The van der Waals surface area contributed by atoms with Crippen LogP contribution in [0.2, 0.25) is 0 Å². The van der Waals surface area contributed by atoms with Crippen molar-refractivity contribution in [2.45, 2.75) is 127 Å². The van der Waals surface area contributed by atoms with Crippen molar-refractivity contribution < 1.29 is 68.1 Å². The largest absolute Gasteiger partial charge is 0.508 e. The summed E-state index contributed by atoms with van der Waals surface area (Å²) in [7, 11) is -4.26. The molecular formula is C57H58F6N10O9S2. The maximum absolute atomic E-state index is 14.6. The van der Waals surface area contributed by atoms with Crippen molar-refractivity contribution in [3.05, 3.63) is 141 Å². The maximum atomic E-state index is 14.6. The van der Waals surface area contributed by atoms with Crippen molar-refractivity contribution in [3.8, 4) is 11.5 Å². The number of hydrogen-bond donors (Lipinski definition) is 2. The van der Waals surface area contributed by atoms with Gasteiger partial charge in [-0.2, -0.15) is 26.3 Å². The van der Waals surface area contributed by atoms with Gasteiger partial charge in [-0.3, -0.25) is 29.0 Å². The summed E-state index contributed by atoms with van der Waals surface area (Å²) in [5.74, 6) is -1.01. The molecular weight excluding hydrogens is 1150 g/mol. The van der Waals surface area contributed by atoms with Crippen LogP contribution >= 0.6 is 0 Å². The SMILES string of the molecule is Cc1c(OCC(F)(F)F)ccnc1CS(=O)c1nc2c(C)cccc2n1C(=O)Nc1nccc(C(C)(C)C)c1COC(=O)OCc1c(C(C)(C)C)ccnc1NC(=O)n1c(S(=O)Cc2nccc(OCC(F)(F)F)c2C)nc2c(C)cccc21. The number of rotatable bonds is 16. The number of amides is 2. The lowest BCUT2D eigenvalue weighted by atomic mass is 9.84. The molecule has 444 valence electrons. The van der Waals surface area contributed by atoms with Crippen molar-refractivity contribution in [3.63, 3.8) is 0 Å². The first-order valence-electron chi connectivity index (χ1n) is 25.8. The molecule has 0 fully saturated rings. The second kappa shape index (κ2) is 24.5. The fourth-order valence-corrected chi connectivity index (χ4v) is 11.6. The minimum atomic E-state index is -4.61. The molecule has 2 atom stereocenters. The van der Waals surface area contributed by atoms with E-state index in [-0.39, 0.29) is 89.6 Å². The lowest BCUT2D eigenvalue weighted by molar-refractivity contribution is -0.154. The quantitative estimate of drug-likeness (QED) is 0.0676. The number of hydrogen-bond acceptors (Lipinski definition) is 15. The molecule has 27 heteroatoms. The molecule has 19 nitrogen and oxygen atoms in total. The number of alkyl halides is 6. The number of nitrogens with one attached hydrogen (secondary N) is 2. The van der Waals surface area contributed by atoms with E-state index in [4.69, 9.17) is 18.9 Å². The van der Waals surface area contributed by atoms with Gasteiger partial charge in [0.25, 0.3) is 0 Å². The minimum Gasteiger partial charge on any atom is -0.484 e. The Bertz CT molecular complexity index is 3640. The van der Waals surface area contributed by atoms with E-state index < -0.39 is 89.4 Å². The molecule has 0 aliphatic carbocycles. The van der Waals surface area contributed by atoms with Crippen LogP contribution in [0.4, 0.5) is 52.4 Å². The van der Waals surface area contributed by atoms with Crippen molar-refractivity contribution >= 4 is 73.5 Å². The van der Waals surface area contributed by atoms with E-state index >= 15 is 0 Å². The average molecular weight is 1210 g/mol. The van der Waals surface area contributed by atoms with Gasteiger partial charge in [-0.05, 0) is 97.2 Å². The smallest absolute Gasteiger partial charge is 0.484 e. The molecule has 8 rings (SSSR count). The highest BCUT2D eigenvalue weighted by molar-refractivity contribution is 7.84. The van der Waals surface area contributed by atoms with E-state index in [1.54, 1.807) is 62.4 Å². The van der Waals surface area contributed by atoms with Gasteiger partial charge < -0.3 is 18.9 Å². The van der Waals surface area contributed by atoms with Crippen molar-refractivity contribution in [1.82, 2.24) is 39.0 Å². The summed E-state index contributed by atoms with van der Waals surface area (Å²) in [5.41, 5.74) is 3.71. The van der Waals surface area contributed by atoms with Crippen LogP contribution in [0.15, 0.2) is 95.8 Å². The number of carbonyl (C=O) groups excluding carboxylic acids is 3. The Morgan fingerprint density at radius 1 is 0.536 bits per heavy atom. The van der Waals surface area contributed by atoms with Crippen LogP contribution in [0.5, 0.6) is 11.5 Å². The number of aromatic nitrogens is 8. The van der Waals surface area contributed by atoms with E-state index in [1.807, 2.05) is 41.5 Å². The number of aryl methyl sites for hydroxylation is 2. The molecule has 8 aromatic rings. The Balaban J connectivity index is 1.04. The van der Waals surface area contributed by atoms with E-state index in [1.165, 1.54) is 50.8 Å². The van der Waals surface area contributed by atoms with Crippen LogP contribution in [0.3, 0.4) is 0 Å². The molecule has 2 aromatic carbocycles. The first kappa shape index (κ1) is 61.7. The molecule has 2 amide bonds. The van der Waals surface area contributed by atoms with E-state index in [0.717, 1.165) is 9.13 Å². The first-order chi connectivity index (χ1) is 39.4. The number of pyridine rings is 4. The maximum Gasteiger partial charge on any atom is 0.508 e. The van der Waals surface area contributed by atoms with Gasteiger partial charge in [-0.1, -0.05) is 65.8 Å². The number of imidazole rings is 2. The number of anilines is 2. The number of ether oxygens (including phenoxy) is 4. The first-order valence-corrected chi connectivity index (χ1v) is 28.4. The van der Waals surface area contributed by atoms with Crippen LogP contribution in [-0.2, 0) is 66.6 Å². The zero-order chi connectivity index (χ0) is 61.2. The summed E-state index contributed by atoms with van der Waals surface area (Å²) in [5, 5.41) is 5.17. The molecule has 0 aliphatic rings. The lowest BCUT2D eigenvalue weighted by Gasteiger charge is -2.25. The second-order valence-electron chi connectivity index (χ2n) is 21.5. The van der Waals surface area contributed by atoms with Crippen molar-refractivity contribution in [2.24, 2.45) is 0 Å². The third kappa shape index (κ3) is 14.2. The second-order valence-corrected chi connectivity index (χ2v) is 24.1. The van der Waals surface area contributed by atoms with Gasteiger partial charge in [0.15, 0.2) is 13.2 Å². The molecule has 2 unspecified atom stereocenters. The Morgan fingerprint density at radius 3 is 1.26 bits per heavy atom. The molecule has 6 heterocycles. The van der Waals surface area contributed by atoms with Gasteiger partial charge in [0.1, 0.15) is 36.3 Å². The topological polar surface area (TPSA) is 234 Å². The summed E-state index contributed by atoms with van der Waals surface area (Å²) in [6.07, 6.45) is -5.03. The average Bonchev–Trinajstić information content (AvgIpc) is 2.64. The third-order valence-corrected chi connectivity index (χ3v) is 15.6. The van der Waals surface area contributed by atoms with E-state index in [0.29, 0.717) is 33.3 Å². The number of fused-ring (bicyclic) bond motifs is 2. The molecule has 0 bridgehead atoms. The molecule has 6 aromatic heterocycles. The highest BCUT2D eigenvalue weighted by Crippen LogP contribution is 2.35. The normalized spacial score (nSPS) is 13.0. The minimum absolute atomic E-state index is 0.0388. The van der Waals surface area contributed by atoms with Crippen LogP contribution in [-0.4, -0.2) is 91.2 Å². The number of halogens is 6. The van der Waals surface area contributed by atoms with Gasteiger partial charge in [0.2, 0.25) is 10.3 Å². The highest BCUT2D eigenvalue weighted by Gasteiger charge is 2.33. The molecule has 0 saturated heterocycles. The van der Waals surface area contributed by atoms with Gasteiger partial charge in [-0.25, -0.2) is 43.5 Å². The Morgan fingerprint density at radius 2 is 0.905 bits per heavy atom. The zero-order valence-corrected chi connectivity index (χ0v) is 48.8. The van der Waals surface area contributed by atoms with Gasteiger partial charge >= 0.3 is 30.6 Å². The van der Waals surface area contributed by atoms with Gasteiger partial charge in [-0.15, -0.1) is 0 Å². The lowest BCUT2D eigenvalue weighted by Crippen LogP contribution is -2.26. The summed E-state index contributed by atoms with van der Waals surface area (Å²) < 4.78 is 131. The number of para-hydroxylation sites is 2. The molecule has 0 saturated carbocycles. The fourth-order valence-electron chi connectivity index (χ4n) is 9.07. The standard InChI is InChI=1S/C57H58F6N10O9S2/c1-31-13-11-15-41-45(31)68-51(83(77)27-39-33(3)43(19-23-64-39)81-29-56(58,59)60)72(41)49(74)70-47-35(37(17-21-66-47)54(5,6)7)25-79-53(76)80-26-36-38(55(8,9)10)18-22-67-48(36)71-50(75)73-42-16-12-14-32(2)46(42)69-52(73)84(78)28-40-34(4)44(20-24-65-40)82-30-57(61,62)63/h11-24H,25-30H2,1-10H3,(H,66,70,74)(H,67,71,75). The summed E-state index contributed by atoms with van der Waals surface area (Å²) in [4.78, 5) is 69.7. The molecule has 0 spiro atoms. The Hall–Kier alpha value is -8.33. The number of nitrogens with zero attached hydrogens (tertiary/aromatic N) is 8. The molecule has 84 heavy (non-hydrogen) atoms. The fraction of sp³-hybridized carbons (Fsp3) is 0.351. The predicted octanol–water partition coefficient (Wildman–Crippen LogP) is 12.3. The van der Waals surface area contributed by atoms with Crippen LogP contribution in [0.25, 0.3) is 22.1 Å². The monoisotopic (exact) mass is 1200 g/mol. The van der Waals surface area contributed by atoms with E-state index in [9.17, 15) is 49.1 Å². The number of carbonyl (C=O) groups is 3. The van der Waals surface area contributed by atoms with Crippen molar-refractivity contribution in [2.75, 3.05) is 23.8 Å². The number of benzene rings is 2. The Labute approximate surface area is 482 Å². The van der Waals surface area contributed by atoms with Crippen LogP contribution in [0.1, 0.15) is 97.4 Å². The molecule has 0 aliphatic heterocycles. The summed E-state index contributed by atoms with van der Waals surface area (Å²) >= 11 is 0. The zero-order valence-electron chi connectivity index (χ0n) is 47.2. The van der Waals surface area contributed by atoms with Crippen LogP contribution < -0.4 is 20.1 Å². The van der Waals surface area contributed by atoms with E-state index in [2.05, 4.69) is 40.5 Å². The van der Waals surface area contributed by atoms with Crippen LogP contribution in [0, 0.1) is 27.7 Å². The van der Waals surface area contributed by atoms with Gasteiger partial charge in [0, 0.05) is 47.0 Å². The third-order valence-electron chi connectivity index (χ3n) is 13.2. The van der Waals surface area contributed by atoms with Gasteiger partial charge in [0.05, 0.1) is 66.6 Å². The molecule has 0 radical (unpaired) electrons. The summed E-state index contributed by atoms with van der Waals surface area (Å²) in [6.45, 7) is 13.7.